The van der Waals surface area contributed by atoms with Crippen molar-refractivity contribution in [3.8, 4) is 0 Å². The third-order valence-electron chi connectivity index (χ3n) is 2.19. The minimum atomic E-state index is -0.148. The third kappa shape index (κ3) is 9.84. The molecule has 0 fully saturated rings. The number of rotatable bonds is 8. The lowest BCUT2D eigenvalue weighted by atomic mass is 10.0. The van der Waals surface area contributed by atoms with E-state index in [2.05, 4.69) is 0 Å². The Labute approximate surface area is 82.5 Å². The molecule has 2 atom stereocenters. The van der Waals surface area contributed by atoms with Gasteiger partial charge in [-0.25, -0.2) is 0 Å². The summed E-state index contributed by atoms with van der Waals surface area (Å²) >= 11 is 0. The van der Waals surface area contributed by atoms with E-state index < -0.39 is 0 Å². The zero-order valence-corrected chi connectivity index (χ0v) is 8.71. The van der Waals surface area contributed by atoms with Gasteiger partial charge in [-0.3, -0.25) is 0 Å². The van der Waals surface area contributed by atoms with E-state index in [9.17, 15) is 5.11 Å². The molecule has 0 aromatic carbocycles. The van der Waals surface area contributed by atoms with Crippen molar-refractivity contribution in [3.63, 3.8) is 0 Å². The van der Waals surface area contributed by atoms with Crippen LogP contribution in [0, 0.1) is 12.8 Å². The van der Waals surface area contributed by atoms with E-state index in [1.165, 1.54) is 0 Å². The van der Waals surface area contributed by atoms with Gasteiger partial charge in [0.1, 0.15) is 0 Å². The average Bonchev–Trinajstić information content (AvgIpc) is 2.04. The molecule has 0 saturated carbocycles. The molecule has 2 nitrogen and oxygen atoms in total. The number of unbranched alkanes of at least 4 members (excludes halogenated alkanes) is 1. The molecule has 3 N–H and O–H groups in total. The molecule has 2 heteroatoms. The van der Waals surface area contributed by atoms with Crippen molar-refractivity contribution in [2.24, 2.45) is 11.7 Å². The Balaban J connectivity index is 3.15. The van der Waals surface area contributed by atoms with E-state index in [0.717, 1.165) is 45.1 Å². The maximum Gasteiger partial charge on any atom is 0.0540 e. The van der Waals surface area contributed by atoms with Crippen molar-refractivity contribution in [3.05, 3.63) is 6.92 Å². The summed E-state index contributed by atoms with van der Waals surface area (Å²) in [5.74, 6) is 0.260. The van der Waals surface area contributed by atoms with Crippen LogP contribution in [0.1, 0.15) is 45.4 Å². The summed E-state index contributed by atoms with van der Waals surface area (Å²) in [5, 5.41) is 9.51. The van der Waals surface area contributed by atoms with Gasteiger partial charge in [-0.2, -0.15) is 0 Å². The van der Waals surface area contributed by atoms with Crippen LogP contribution in [0.5, 0.6) is 0 Å². The van der Waals surface area contributed by atoms with E-state index in [1.54, 1.807) is 0 Å². The highest BCUT2D eigenvalue weighted by molar-refractivity contribution is 4.60. The van der Waals surface area contributed by atoms with E-state index in [1.807, 2.05) is 6.92 Å². The summed E-state index contributed by atoms with van der Waals surface area (Å²) in [5.41, 5.74) is 5.36. The van der Waals surface area contributed by atoms with Crippen molar-refractivity contribution in [2.45, 2.75) is 51.6 Å². The number of aliphatic hydroxyl groups is 1. The largest absolute Gasteiger partial charge is 0.393 e. The zero-order chi connectivity index (χ0) is 10.1. The molecule has 0 spiro atoms. The van der Waals surface area contributed by atoms with Crippen LogP contribution < -0.4 is 5.73 Å². The van der Waals surface area contributed by atoms with Crippen LogP contribution in [-0.4, -0.2) is 17.8 Å². The molecule has 0 aromatic rings. The van der Waals surface area contributed by atoms with Crippen molar-refractivity contribution in [1.82, 2.24) is 0 Å². The van der Waals surface area contributed by atoms with Gasteiger partial charge in [0, 0.05) is 0 Å². The molecule has 0 bridgehead atoms. The van der Waals surface area contributed by atoms with Crippen LogP contribution in [0.2, 0.25) is 0 Å². The van der Waals surface area contributed by atoms with Crippen LogP contribution in [0.25, 0.3) is 0 Å². The van der Waals surface area contributed by atoms with E-state index >= 15 is 0 Å². The van der Waals surface area contributed by atoms with Gasteiger partial charge in [0.25, 0.3) is 0 Å². The lowest BCUT2D eigenvalue weighted by Crippen LogP contribution is -2.08. The molecule has 0 aromatic heterocycles. The predicted octanol–water partition coefficient (Wildman–Crippen LogP) is 1.99. The molecule has 0 saturated heterocycles. The quantitative estimate of drug-likeness (QED) is 0.568. The second-order valence-corrected chi connectivity index (χ2v) is 3.85. The van der Waals surface area contributed by atoms with Crippen LogP contribution in [-0.2, 0) is 0 Å². The van der Waals surface area contributed by atoms with Crippen LogP contribution in [0.15, 0.2) is 0 Å². The Morgan fingerprint density at radius 2 is 1.77 bits per heavy atom. The lowest BCUT2D eigenvalue weighted by Gasteiger charge is -2.10. The topological polar surface area (TPSA) is 46.2 Å². The number of aliphatic hydroxyl groups excluding tert-OH is 1. The zero-order valence-electron chi connectivity index (χ0n) is 8.71. The predicted molar refractivity (Wildman–Crippen MR) is 56.2 cm³/mol. The summed E-state index contributed by atoms with van der Waals surface area (Å²) in [6.45, 7) is 8.33. The highest BCUT2D eigenvalue weighted by Crippen LogP contribution is 2.11. The third-order valence-corrected chi connectivity index (χ3v) is 2.19. The molecular weight excluding hydrogens is 162 g/mol. The van der Waals surface area contributed by atoms with Crippen molar-refractivity contribution >= 4 is 0 Å². The molecule has 78 valence electrons. The van der Waals surface area contributed by atoms with Gasteiger partial charge in [-0.1, -0.05) is 19.8 Å². The molecular formula is C11H23NO. The lowest BCUT2D eigenvalue weighted by molar-refractivity contribution is 0.147. The van der Waals surface area contributed by atoms with Crippen LogP contribution in [0.3, 0.4) is 0 Å². The molecule has 0 rings (SSSR count). The first-order chi connectivity index (χ1) is 6.16. The maximum atomic E-state index is 9.51. The minimum absolute atomic E-state index is 0.148. The SMILES string of the molecule is [CH]C(C)CCCC(O)CCCCN. The maximum absolute atomic E-state index is 9.51. The normalized spacial score (nSPS) is 13.6. The van der Waals surface area contributed by atoms with Gasteiger partial charge in [-0.15, -0.1) is 0 Å². The fourth-order valence-electron chi connectivity index (χ4n) is 1.34. The molecule has 0 aliphatic carbocycles. The summed E-state index contributed by atoms with van der Waals surface area (Å²) in [4.78, 5) is 0. The van der Waals surface area contributed by atoms with Gasteiger partial charge >= 0.3 is 0 Å². The average molecular weight is 185 g/mol. The number of nitrogens with two attached hydrogens (primary N) is 1. The highest BCUT2D eigenvalue weighted by Gasteiger charge is 2.03. The second kappa shape index (κ2) is 8.52. The Morgan fingerprint density at radius 3 is 2.31 bits per heavy atom. The Morgan fingerprint density at radius 1 is 1.15 bits per heavy atom. The van der Waals surface area contributed by atoms with Crippen molar-refractivity contribution in [1.29, 1.82) is 0 Å². The van der Waals surface area contributed by atoms with E-state index in [-0.39, 0.29) is 12.0 Å². The molecule has 0 aliphatic heterocycles. The van der Waals surface area contributed by atoms with Crippen molar-refractivity contribution in [2.75, 3.05) is 6.54 Å². The van der Waals surface area contributed by atoms with Gasteiger partial charge in [0.2, 0.25) is 0 Å². The van der Waals surface area contributed by atoms with Crippen LogP contribution >= 0.6 is 0 Å². The van der Waals surface area contributed by atoms with Gasteiger partial charge in [-0.05, 0) is 45.1 Å². The minimum Gasteiger partial charge on any atom is -0.393 e. The summed E-state index contributed by atoms with van der Waals surface area (Å²) in [7, 11) is 0. The first-order valence-electron chi connectivity index (χ1n) is 5.30. The smallest absolute Gasteiger partial charge is 0.0540 e. The van der Waals surface area contributed by atoms with Gasteiger partial charge in [0.15, 0.2) is 0 Å². The standard InChI is InChI=1S/C11H23NO/c1-10(2)6-5-8-11(13)7-3-4-9-12/h1,10-11,13H,3-9,12H2,2H3. The first kappa shape index (κ1) is 12.9. The van der Waals surface area contributed by atoms with E-state index in [0.29, 0.717) is 0 Å². The molecule has 0 aliphatic rings. The van der Waals surface area contributed by atoms with Crippen molar-refractivity contribution < 1.29 is 5.11 Å². The Bertz CT molecular complexity index is 104. The second-order valence-electron chi connectivity index (χ2n) is 3.85. The molecule has 2 unspecified atom stereocenters. The summed E-state index contributed by atoms with van der Waals surface area (Å²) in [6.07, 6.45) is 5.71. The molecule has 2 radical (unpaired) electrons. The first-order valence-corrected chi connectivity index (χ1v) is 5.30. The number of hydrogen-bond acceptors (Lipinski definition) is 2. The molecule has 13 heavy (non-hydrogen) atoms. The van der Waals surface area contributed by atoms with E-state index in [4.69, 9.17) is 12.7 Å². The highest BCUT2D eigenvalue weighted by atomic mass is 16.3. The fraction of sp³-hybridized carbons (Fsp3) is 0.909. The van der Waals surface area contributed by atoms with Crippen LogP contribution in [0.4, 0.5) is 0 Å². The Hall–Kier alpha value is -0.0800. The number of hydrogen-bond donors (Lipinski definition) is 2. The summed E-state index contributed by atoms with van der Waals surface area (Å²) < 4.78 is 0. The van der Waals surface area contributed by atoms with Gasteiger partial charge < -0.3 is 10.8 Å². The monoisotopic (exact) mass is 185 g/mol. The molecule has 0 amide bonds. The summed E-state index contributed by atoms with van der Waals surface area (Å²) in [6, 6.07) is 0. The Kier molecular flexibility index (Phi) is 8.46. The van der Waals surface area contributed by atoms with Gasteiger partial charge in [0.05, 0.1) is 6.10 Å². The molecule has 0 heterocycles. The fourth-order valence-corrected chi connectivity index (χ4v) is 1.34.